The van der Waals surface area contributed by atoms with Gasteiger partial charge < -0.3 is 4.74 Å². The van der Waals surface area contributed by atoms with Gasteiger partial charge in [-0.2, -0.15) is 22.5 Å². The van der Waals surface area contributed by atoms with Crippen LogP contribution in [-0.2, 0) is 16.6 Å². The van der Waals surface area contributed by atoms with E-state index in [0.29, 0.717) is 20.1 Å². The number of fused-ring (bicyclic) bond motifs is 2. The minimum Gasteiger partial charge on any atom is -0.479 e. The van der Waals surface area contributed by atoms with Gasteiger partial charge in [-0.3, -0.25) is 9.61 Å². The molecule has 204 valence electrons. The number of piperidine rings is 1. The van der Waals surface area contributed by atoms with Crippen molar-refractivity contribution in [3.8, 4) is 17.0 Å². The number of H-pyrrole nitrogens is 1. The van der Waals surface area contributed by atoms with Gasteiger partial charge in [0.05, 0.1) is 26.8 Å². The molecule has 4 aromatic rings. The number of alkyl halides is 5. The summed E-state index contributed by atoms with van der Waals surface area (Å²) >= 11 is 0. The Balaban J connectivity index is 1.58. The second kappa shape index (κ2) is 9.00. The topological polar surface area (TPSA) is 123 Å². The molecule has 0 aliphatic carbocycles. The summed E-state index contributed by atoms with van der Waals surface area (Å²) < 4.78 is 108. The maximum Gasteiger partial charge on any atom is 0.408 e. The molecule has 1 fully saturated rings. The molecule has 1 unspecified atom stereocenters. The number of aromatic amines is 1. The van der Waals surface area contributed by atoms with Gasteiger partial charge in [0, 0.05) is 18.3 Å². The number of sulfonamides is 1. The number of nitrogens with one attached hydrogen (secondary N) is 1. The number of nitrogens with zero attached hydrogens (tertiary/aromatic N) is 7. The van der Waals surface area contributed by atoms with Crippen LogP contribution in [0.3, 0.4) is 0 Å². The predicted octanol–water partition coefficient (Wildman–Crippen LogP) is 2.21. The molecular formula is C21H21F5N8O3S. The van der Waals surface area contributed by atoms with Crippen molar-refractivity contribution in [3.05, 3.63) is 36.1 Å². The fraction of sp³-hybridized carbons (Fsp3) is 0.429. The predicted molar refractivity (Wildman–Crippen MR) is 124 cm³/mol. The van der Waals surface area contributed by atoms with E-state index < -0.39 is 41.3 Å². The van der Waals surface area contributed by atoms with E-state index in [1.165, 1.54) is 29.8 Å². The molecule has 0 spiro atoms. The Morgan fingerprint density at radius 1 is 1.32 bits per heavy atom. The summed E-state index contributed by atoms with van der Waals surface area (Å²) in [4.78, 5) is 8.17. The number of halogens is 5. The van der Waals surface area contributed by atoms with Gasteiger partial charge in [-0.05, 0) is 30.2 Å². The lowest BCUT2D eigenvalue weighted by atomic mass is 10.0. The third kappa shape index (κ3) is 4.94. The van der Waals surface area contributed by atoms with E-state index in [1.54, 1.807) is 6.07 Å². The minimum absolute atomic E-state index is 0.0834. The molecule has 1 aliphatic heterocycles. The highest BCUT2D eigenvalue weighted by atomic mass is 32.2. The SMILES string of the molecule is [2H]c1cc(-c2ccc3nnn(CC(F)(F)F)c3c2)c2c(OC)nc(=NC3CCN(S(C)(=O)=O)CC3(F)F)[nH]n12. The zero-order chi connectivity index (χ0) is 28.3. The third-order valence-electron chi connectivity index (χ3n) is 6.06. The molecule has 3 aromatic heterocycles. The van der Waals surface area contributed by atoms with Crippen molar-refractivity contribution in [3.63, 3.8) is 0 Å². The van der Waals surface area contributed by atoms with Crippen molar-refractivity contribution < 1.29 is 36.5 Å². The first kappa shape index (κ1) is 24.7. The fourth-order valence-corrected chi connectivity index (χ4v) is 5.13. The van der Waals surface area contributed by atoms with Crippen LogP contribution >= 0.6 is 0 Å². The molecule has 11 nitrogen and oxygen atoms in total. The molecule has 0 amide bonds. The highest BCUT2D eigenvalue weighted by molar-refractivity contribution is 7.88. The Kier molecular flexibility index (Phi) is 5.86. The number of hydrogen-bond acceptors (Lipinski definition) is 7. The van der Waals surface area contributed by atoms with E-state index in [2.05, 4.69) is 25.4 Å². The molecule has 0 saturated carbocycles. The molecule has 1 N–H and O–H groups in total. The molecule has 1 saturated heterocycles. The van der Waals surface area contributed by atoms with Crippen LogP contribution in [0.5, 0.6) is 5.88 Å². The molecule has 0 bridgehead atoms. The van der Waals surface area contributed by atoms with E-state index in [9.17, 15) is 30.4 Å². The van der Waals surface area contributed by atoms with Gasteiger partial charge in [0.25, 0.3) is 5.92 Å². The van der Waals surface area contributed by atoms with Crippen LogP contribution in [0.1, 0.15) is 7.79 Å². The maximum atomic E-state index is 14.8. The third-order valence-corrected chi connectivity index (χ3v) is 7.31. The molecule has 17 heteroatoms. The number of hydrogen-bond donors (Lipinski definition) is 1. The number of benzene rings is 1. The first-order valence-corrected chi connectivity index (χ1v) is 12.9. The quantitative estimate of drug-likeness (QED) is 0.373. The second-order valence-electron chi connectivity index (χ2n) is 8.78. The van der Waals surface area contributed by atoms with E-state index in [0.717, 1.165) is 6.26 Å². The average Bonchev–Trinajstić information content (AvgIpc) is 3.38. The molecular weight excluding hydrogens is 539 g/mol. The van der Waals surface area contributed by atoms with Crippen LogP contribution in [0, 0.1) is 0 Å². The Hall–Kier alpha value is -3.60. The molecule has 1 atom stereocenters. The normalized spacial score (nSPS) is 19.8. The summed E-state index contributed by atoms with van der Waals surface area (Å²) in [7, 11) is -2.53. The summed E-state index contributed by atoms with van der Waals surface area (Å²) in [6.07, 6.45) is -4.07. The van der Waals surface area contributed by atoms with Gasteiger partial charge in [-0.15, -0.1) is 5.10 Å². The Morgan fingerprint density at radius 2 is 2.08 bits per heavy atom. The van der Waals surface area contributed by atoms with Gasteiger partial charge in [-0.25, -0.2) is 26.9 Å². The zero-order valence-electron chi connectivity index (χ0n) is 20.9. The molecule has 1 aliphatic rings. The second-order valence-corrected chi connectivity index (χ2v) is 10.8. The van der Waals surface area contributed by atoms with Crippen LogP contribution in [0.2, 0.25) is 0 Å². The van der Waals surface area contributed by atoms with Crippen LogP contribution in [0.15, 0.2) is 35.4 Å². The Bertz CT molecular complexity index is 1750. The lowest BCUT2D eigenvalue weighted by molar-refractivity contribution is -0.142. The van der Waals surface area contributed by atoms with Crippen molar-refractivity contribution in [2.75, 3.05) is 26.5 Å². The van der Waals surface area contributed by atoms with E-state index in [1.807, 2.05) is 0 Å². The van der Waals surface area contributed by atoms with E-state index in [-0.39, 0.29) is 47.2 Å². The minimum atomic E-state index is -4.52. The Morgan fingerprint density at radius 3 is 2.74 bits per heavy atom. The number of methoxy groups -OCH3 is 1. The summed E-state index contributed by atoms with van der Waals surface area (Å²) in [6.45, 7) is -2.52. The van der Waals surface area contributed by atoms with Crippen molar-refractivity contribution in [1.29, 1.82) is 0 Å². The lowest BCUT2D eigenvalue weighted by Gasteiger charge is -2.34. The summed E-state index contributed by atoms with van der Waals surface area (Å²) in [5.74, 6) is -3.56. The summed E-state index contributed by atoms with van der Waals surface area (Å²) in [6, 6.07) is 4.31. The highest BCUT2D eigenvalue weighted by Gasteiger charge is 2.47. The Labute approximate surface area is 213 Å². The van der Waals surface area contributed by atoms with Crippen molar-refractivity contribution in [2.45, 2.75) is 31.1 Å². The molecule has 38 heavy (non-hydrogen) atoms. The molecule has 0 radical (unpaired) electrons. The average molecular weight is 562 g/mol. The largest absolute Gasteiger partial charge is 0.479 e. The number of rotatable bonds is 5. The summed E-state index contributed by atoms with van der Waals surface area (Å²) in [5.41, 5.74) is 1.05. The molecule has 4 heterocycles. The van der Waals surface area contributed by atoms with Gasteiger partial charge in [0.15, 0.2) is 0 Å². The lowest BCUT2D eigenvalue weighted by Crippen LogP contribution is -2.53. The number of ether oxygens (including phenoxy) is 1. The van der Waals surface area contributed by atoms with Crippen LogP contribution in [-0.4, -0.2) is 86.9 Å². The molecule has 5 rings (SSSR count). The standard InChI is InChI=1S/C21H21F5N8O3S/c1-37-18-17-13(12-3-4-14-15(9-12)34(31-29-14)11-21(24,25)26)5-8-33(17)30-19(28-18)27-16-6-7-32(38(2,35)36)10-20(16,22)23/h3-5,8-9,16H,6-7,10-11H2,1-2H3,(H,27,30)/i8D. The smallest absolute Gasteiger partial charge is 0.408 e. The zero-order valence-corrected chi connectivity index (χ0v) is 20.7. The van der Waals surface area contributed by atoms with Gasteiger partial charge >= 0.3 is 6.18 Å². The summed E-state index contributed by atoms with van der Waals surface area (Å²) in [5, 5.41) is 10.0. The fourth-order valence-electron chi connectivity index (χ4n) is 4.28. The van der Waals surface area contributed by atoms with Gasteiger partial charge in [0.2, 0.25) is 21.5 Å². The van der Waals surface area contributed by atoms with Crippen LogP contribution < -0.4 is 10.4 Å². The van der Waals surface area contributed by atoms with Gasteiger partial charge in [0.1, 0.15) is 23.6 Å². The highest BCUT2D eigenvalue weighted by Crippen LogP contribution is 2.33. The first-order chi connectivity index (χ1) is 18.2. The first-order valence-electron chi connectivity index (χ1n) is 11.6. The van der Waals surface area contributed by atoms with Crippen LogP contribution in [0.25, 0.3) is 27.7 Å². The monoisotopic (exact) mass is 561 g/mol. The van der Waals surface area contributed by atoms with Gasteiger partial charge in [-0.1, -0.05) is 11.3 Å². The number of aromatic nitrogens is 6. The van der Waals surface area contributed by atoms with Crippen molar-refractivity contribution >= 4 is 26.6 Å². The maximum absolute atomic E-state index is 14.8. The van der Waals surface area contributed by atoms with E-state index in [4.69, 9.17) is 6.11 Å². The van der Waals surface area contributed by atoms with Crippen LogP contribution in [0.4, 0.5) is 22.0 Å². The van der Waals surface area contributed by atoms with E-state index >= 15 is 0 Å². The molecule has 1 aromatic carbocycles. The van der Waals surface area contributed by atoms with Crippen molar-refractivity contribution in [2.24, 2.45) is 4.99 Å². The van der Waals surface area contributed by atoms with Crippen molar-refractivity contribution in [1.82, 2.24) is 33.9 Å².